The fraction of sp³-hybridized carbons (Fsp3) is 0.190. The number of anilines is 1. The van der Waals surface area contributed by atoms with Gasteiger partial charge < -0.3 is 4.57 Å². The third kappa shape index (κ3) is 4.71. The van der Waals surface area contributed by atoms with E-state index in [1.807, 2.05) is 0 Å². The number of nitrogens with one attached hydrogen (secondary N) is 1. The van der Waals surface area contributed by atoms with E-state index in [4.69, 9.17) is 0 Å². The van der Waals surface area contributed by atoms with E-state index in [2.05, 4.69) is 4.72 Å². The van der Waals surface area contributed by atoms with Gasteiger partial charge in [-0.05, 0) is 60.5 Å². The van der Waals surface area contributed by atoms with Crippen molar-refractivity contribution in [2.75, 3.05) is 11.0 Å². The van der Waals surface area contributed by atoms with Gasteiger partial charge in [-0.1, -0.05) is 6.07 Å². The molecule has 5 nitrogen and oxygen atoms in total. The van der Waals surface area contributed by atoms with Crippen LogP contribution in [0.5, 0.6) is 0 Å². The molecule has 2 aromatic carbocycles. The van der Waals surface area contributed by atoms with Crippen molar-refractivity contribution in [1.82, 2.24) is 4.57 Å². The van der Waals surface area contributed by atoms with Crippen LogP contribution in [0.3, 0.4) is 0 Å². The van der Waals surface area contributed by atoms with Gasteiger partial charge in [-0.3, -0.25) is 9.52 Å². The topological polar surface area (TPSA) is 68.2 Å². The zero-order valence-electron chi connectivity index (χ0n) is 16.2. The number of nitrogens with zero attached hydrogens (tertiary/aromatic N) is 1. The highest BCUT2D eigenvalue weighted by atomic mass is 32.2. The Labute approximate surface area is 168 Å². The van der Waals surface area contributed by atoms with Crippen molar-refractivity contribution in [3.05, 3.63) is 88.2 Å². The lowest BCUT2D eigenvalue weighted by atomic mass is 10.1. The molecule has 0 amide bonds. The van der Waals surface area contributed by atoms with Gasteiger partial charge in [-0.25, -0.2) is 17.2 Å². The molecule has 1 heterocycles. The number of benzene rings is 2. The van der Waals surface area contributed by atoms with Crippen molar-refractivity contribution in [3.8, 4) is 0 Å². The Morgan fingerprint density at radius 3 is 2.31 bits per heavy atom. The molecule has 0 bridgehead atoms. The molecule has 3 rings (SSSR count). The number of aryl methyl sites for hydroxylation is 1. The Hall–Kier alpha value is -3.00. The molecule has 0 atom stereocenters. The van der Waals surface area contributed by atoms with Gasteiger partial charge >= 0.3 is 0 Å². The zero-order valence-corrected chi connectivity index (χ0v) is 17.0. The van der Waals surface area contributed by atoms with Crippen LogP contribution >= 0.6 is 0 Å². The lowest BCUT2D eigenvalue weighted by Crippen LogP contribution is -2.11. The highest BCUT2D eigenvalue weighted by Crippen LogP contribution is 2.23. The number of carbonyl (C=O) groups excluding carboxylic acids is 1. The summed E-state index contributed by atoms with van der Waals surface area (Å²) < 4.78 is 54.1. The minimum atomic E-state index is -3.50. The average Bonchev–Trinajstić information content (AvgIpc) is 2.89. The van der Waals surface area contributed by atoms with Gasteiger partial charge in [0.1, 0.15) is 11.6 Å². The summed E-state index contributed by atoms with van der Waals surface area (Å²) in [5, 5.41) is 0. The quantitative estimate of drug-likeness (QED) is 0.619. The molecular formula is C21H20F2N2O3S. The summed E-state index contributed by atoms with van der Waals surface area (Å²) in [7, 11) is -1.78. The first-order chi connectivity index (χ1) is 13.5. The van der Waals surface area contributed by atoms with Gasteiger partial charge in [0.05, 0.1) is 17.6 Å². The number of carbonyl (C=O) groups is 1. The third-order valence-corrected chi connectivity index (χ3v) is 5.18. The van der Waals surface area contributed by atoms with Crippen molar-refractivity contribution in [2.45, 2.75) is 13.3 Å². The lowest BCUT2D eigenvalue weighted by molar-refractivity contribution is 0.103. The van der Waals surface area contributed by atoms with Crippen molar-refractivity contribution < 1.29 is 22.0 Å². The van der Waals surface area contributed by atoms with Crippen molar-refractivity contribution in [2.24, 2.45) is 7.05 Å². The Kier molecular flexibility index (Phi) is 5.57. The van der Waals surface area contributed by atoms with Gasteiger partial charge in [0, 0.05) is 24.7 Å². The first-order valence-corrected chi connectivity index (χ1v) is 10.7. The van der Waals surface area contributed by atoms with Crippen molar-refractivity contribution in [3.63, 3.8) is 0 Å². The van der Waals surface area contributed by atoms with Gasteiger partial charge in [0.25, 0.3) is 0 Å². The Balaban J connectivity index is 1.89. The number of rotatable bonds is 6. The summed E-state index contributed by atoms with van der Waals surface area (Å²) in [6.45, 7) is 1.79. The molecule has 0 aliphatic carbocycles. The fourth-order valence-corrected chi connectivity index (χ4v) is 3.78. The highest BCUT2D eigenvalue weighted by Gasteiger charge is 2.19. The molecule has 0 spiro atoms. The second-order valence-electron chi connectivity index (χ2n) is 6.92. The predicted octanol–water partition coefficient (Wildman–Crippen LogP) is 3.81. The van der Waals surface area contributed by atoms with E-state index in [0.717, 1.165) is 23.6 Å². The number of hydrogen-bond acceptors (Lipinski definition) is 3. The molecule has 1 aromatic heterocycles. The molecule has 29 heavy (non-hydrogen) atoms. The largest absolute Gasteiger partial charge is 0.344 e. The number of halogens is 2. The van der Waals surface area contributed by atoms with Gasteiger partial charge in [-0.2, -0.15) is 0 Å². The number of sulfonamides is 1. The minimum absolute atomic E-state index is 0.143. The minimum Gasteiger partial charge on any atom is -0.344 e. The monoisotopic (exact) mass is 418 g/mol. The predicted molar refractivity (Wildman–Crippen MR) is 108 cm³/mol. The van der Waals surface area contributed by atoms with Gasteiger partial charge in [0.2, 0.25) is 15.8 Å². The Bertz CT molecular complexity index is 1180. The first-order valence-electron chi connectivity index (χ1n) is 8.77. The second kappa shape index (κ2) is 7.79. The van der Waals surface area contributed by atoms with E-state index in [0.29, 0.717) is 16.8 Å². The normalized spacial score (nSPS) is 11.5. The van der Waals surface area contributed by atoms with Crippen LogP contribution < -0.4 is 4.72 Å². The fourth-order valence-electron chi connectivity index (χ4n) is 3.23. The molecule has 0 saturated carbocycles. The molecule has 0 radical (unpaired) electrons. The maximum Gasteiger partial charge on any atom is 0.229 e. The van der Waals surface area contributed by atoms with Crippen LogP contribution in [0.15, 0.2) is 48.5 Å². The summed E-state index contributed by atoms with van der Waals surface area (Å²) in [5.41, 5.74) is 2.77. The van der Waals surface area contributed by atoms with Gasteiger partial charge in [-0.15, -0.1) is 0 Å². The Morgan fingerprint density at radius 2 is 1.72 bits per heavy atom. The molecule has 0 unspecified atom stereocenters. The summed E-state index contributed by atoms with van der Waals surface area (Å²) in [5.74, 6) is -1.22. The number of ketones is 1. The molecular weight excluding hydrogens is 398 g/mol. The molecule has 0 aliphatic rings. The van der Waals surface area contributed by atoms with Gasteiger partial charge in [0.15, 0.2) is 0 Å². The summed E-state index contributed by atoms with van der Waals surface area (Å²) in [4.78, 5) is 12.8. The third-order valence-electron chi connectivity index (χ3n) is 4.57. The van der Waals surface area contributed by atoms with Crippen LogP contribution in [0.25, 0.3) is 0 Å². The van der Waals surface area contributed by atoms with E-state index in [1.54, 1.807) is 24.6 Å². The number of aromatic nitrogens is 1. The van der Waals surface area contributed by atoms with E-state index in [1.165, 1.54) is 36.4 Å². The smallest absolute Gasteiger partial charge is 0.229 e. The average molecular weight is 418 g/mol. The van der Waals surface area contributed by atoms with E-state index in [9.17, 15) is 22.0 Å². The maximum absolute atomic E-state index is 14.5. The standard InChI is InChI=1S/C21H20F2N2O3S/c1-13-10-18(11-15-6-9-17(12-19(15)23)24-29(3,27)28)25(2)20(13)21(26)14-4-7-16(22)8-5-14/h4-10,12,24H,11H2,1-3H3. The molecule has 0 saturated heterocycles. The van der Waals surface area contributed by atoms with E-state index < -0.39 is 21.7 Å². The molecule has 8 heteroatoms. The second-order valence-corrected chi connectivity index (χ2v) is 8.67. The lowest BCUT2D eigenvalue weighted by Gasteiger charge is -2.10. The van der Waals surface area contributed by atoms with Crippen LogP contribution in [0.1, 0.15) is 32.9 Å². The van der Waals surface area contributed by atoms with Crippen LogP contribution in [0.4, 0.5) is 14.5 Å². The summed E-state index contributed by atoms with van der Waals surface area (Å²) >= 11 is 0. The molecule has 0 fully saturated rings. The van der Waals surface area contributed by atoms with E-state index >= 15 is 0 Å². The van der Waals surface area contributed by atoms with Crippen LogP contribution in [0.2, 0.25) is 0 Å². The van der Waals surface area contributed by atoms with Crippen molar-refractivity contribution >= 4 is 21.5 Å². The SMILES string of the molecule is Cc1cc(Cc2ccc(NS(C)(=O)=O)cc2F)n(C)c1C(=O)c1ccc(F)cc1. The van der Waals surface area contributed by atoms with Crippen LogP contribution in [0, 0.1) is 18.6 Å². The summed E-state index contributed by atoms with van der Waals surface area (Å²) in [6, 6.07) is 11.2. The molecule has 152 valence electrons. The molecule has 1 N–H and O–H groups in total. The molecule has 0 aliphatic heterocycles. The summed E-state index contributed by atoms with van der Waals surface area (Å²) in [6.07, 6.45) is 1.21. The van der Waals surface area contributed by atoms with Crippen molar-refractivity contribution in [1.29, 1.82) is 0 Å². The van der Waals surface area contributed by atoms with E-state index in [-0.39, 0.29) is 17.9 Å². The molecule has 3 aromatic rings. The maximum atomic E-state index is 14.5. The zero-order chi connectivity index (χ0) is 21.3. The number of hydrogen-bond donors (Lipinski definition) is 1. The first kappa shape index (κ1) is 20.7. The Morgan fingerprint density at radius 1 is 1.07 bits per heavy atom. The van der Waals surface area contributed by atoms with Crippen LogP contribution in [-0.2, 0) is 23.5 Å². The highest BCUT2D eigenvalue weighted by molar-refractivity contribution is 7.92. The van der Waals surface area contributed by atoms with Crippen LogP contribution in [-0.4, -0.2) is 25.0 Å².